The summed E-state index contributed by atoms with van der Waals surface area (Å²) in [5, 5.41) is 0. The maximum atomic E-state index is 12.6. The second kappa shape index (κ2) is 11.2. The summed E-state index contributed by atoms with van der Waals surface area (Å²) in [6.45, 7) is 14.3. The molecule has 2 aromatic rings. The van der Waals surface area contributed by atoms with Crippen LogP contribution in [0.25, 0.3) is 6.08 Å². The number of carbonyl (C=O) groups excluding carboxylic acids is 1. The minimum absolute atomic E-state index is 0.00360. The summed E-state index contributed by atoms with van der Waals surface area (Å²) in [7, 11) is 0. The second-order valence-corrected chi connectivity index (χ2v) is 7.48. The van der Waals surface area contributed by atoms with Gasteiger partial charge >= 0.3 is 0 Å². The van der Waals surface area contributed by atoms with Crippen molar-refractivity contribution < 1.29 is 19.0 Å². The topological polar surface area (TPSA) is 44.8 Å². The van der Waals surface area contributed by atoms with E-state index < -0.39 is 0 Å². The molecule has 4 nitrogen and oxygen atoms in total. The van der Waals surface area contributed by atoms with Crippen LogP contribution in [-0.2, 0) is 6.42 Å². The molecule has 0 unspecified atom stereocenters. The molecule has 0 fully saturated rings. The smallest absolute Gasteiger partial charge is 0.185 e. The monoisotopic (exact) mass is 408 g/mol. The summed E-state index contributed by atoms with van der Waals surface area (Å²) >= 11 is 0. The van der Waals surface area contributed by atoms with Gasteiger partial charge in [-0.3, -0.25) is 4.79 Å². The first-order valence-corrected chi connectivity index (χ1v) is 10.4. The summed E-state index contributed by atoms with van der Waals surface area (Å²) in [6, 6.07) is 11.0. The largest absolute Gasteiger partial charge is 0.494 e. The van der Waals surface area contributed by atoms with E-state index in [2.05, 4.69) is 6.58 Å². The van der Waals surface area contributed by atoms with Gasteiger partial charge in [0.1, 0.15) is 17.2 Å². The fourth-order valence-corrected chi connectivity index (χ4v) is 2.93. The van der Waals surface area contributed by atoms with E-state index in [0.717, 1.165) is 22.6 Å². The number of ketones is 1. The van der Waals surface area contributed by atoms with Gasteiger partial charge < -0.3 is 14.2 Å². The molecule has 0 heterocycles. The molecule has 30 heavy (non-hydrogen) atoms. The summed E-state index contributed by atoms with van der Waals surface area (Å²) in [4.78, 5) is 12.6. The lowest BCUT2D eigenvalue weighted by Crippen LogP contribution is -2.10. The van der Waals surface area contributed by atoms with Gasteiger partial charge in [-0.05, 0) is 89.1 Å². The molecule has 4 heteroatoms. The van der Waals surface area contributed by atoms with E-state index in [4.69, 9.17) is 14.2 Å². The fraction of sp³-hybridized carbons (Fsp3) is 0.346. The Hall–Kier alpha value is -3.01. The molecular weight excluding hydrogens is 376 g/mol. The first-order valence-electron chi connectivity index (χ1n) is 10.4. The van der Waals surface area contributed by atoms with Crippen molar-refractivity contribution in [1.29, 1.82) is 0 Å². The van der Waals surface area contributed by atoms with Crippen LogP contribution >= 0.6 is 0 Å². The molecule has 2 rings (SSSR count). The van der Waals surface area contributed by atoms with Crippen LogP contribution in [0.1, 0.15) is 56.1 Å². The molecule has 0 aromatic heterocycles. The SMILES string of the molecule is C=CCc1cc(C=CC(=O)c2ccc(OCC)cc2)c(OC(C)C)cc1OC(C)C. The Kier molecular flexibility index (Phi) is 8.72. The third-order valence-corrected chi connectivity index (χ3v) is 4.15. The van der Waals surface area contributed by atoms with Crippen molar-refractivity contribution in [2.45, 2.75) is 53.2 Å². The normalized spacial score (nSPS) is 11.2. The van der Waals surface area contributed by atoms with Crippen LogP contribution in [0.3, 0.4) is 0 Å². The van der Waals surface area contributed by atoms with E-state index >= 15 is 0 Å². The van der Waals surface area contributed by atoms with Crippen molar-refractivity contribution in [2.75, 3.05) is 6.61 Å². The molecule has 0 aliphatic rings. The summed E-state index contributed by atoms with van der Waals surface area (Å²) < 4.78 is 17.4. The Balaban J connectivity index is 2.35. The number of ether oxygens (including phenoxy) is 3. The van der Waals surface area contributed by atoms with E-state index in [1.165, 1.54) is 0 Å². The first kappa shape index (κ1) is 23.3. The minimum atomic E-state index is -0.0821. The van der Waals surface area contributed by atoms with E-state index in [-0.39, 0.29) is 18.0 Å². The zero-order valence-corrected chi connectivity index (χ0v) is 18.6. The lowest BCUT2D eigenvalue weighted by molar-refractivity contribution is 0.104. The quantitative estimate of drug-likeness (QED) is 0.249. The highest BCUT2D eigenvalue weighted by atomic mass is 16.5. The predicted molar refractivity (Wildman–Crippen MR) is 123 cm³/mol. The molecule has 0 spiro atoms. The Morgan fingerprint density at radius 2 is 1.63 bits per heavy atom. The van der Waals surface area contributed by atoms with Crippen molar-refractivity contribution in [2.24, 2.45) is 0 Å². The van der Waals surface area contributed by atoms with Gasteiger partial charge in [-0.1, -0.05) is 6.08 Å². The average Bonchev–Trinajstić information content (AvgIpc) is 2.68. The Bertz CT molecular complexity index is 877. The van der Waals surface area contributed by atoms with Gasteiger partial charge in [-0.2, -0.15) is 0 Å². The van der Waals surface area contributed by atoms with Gasteiger partial charge in [-0.15, -0.1) is 6.58 Å². The second-order valence-electron chi connectivity index (χ2n) is 7.48. The van der Waals surface area contributed by atoms with Crippen LogP contribution in [0.2, 0.25) is 0 Å². The number of rotatable bonds is 11. The van der Waals surface area contributed by atoms with Crippen LogP contribution in [0.4, 0.5) is 0 Å². The Morgan fingerprint density at radius 1 is 1.00 bits per heavy atom. The van der Waals surface area contributed by atoms with E-state index in [0.29, 0.717) is 24.3 Å². The van der Waals surface area contributed by atoms with Crippen LogP contribution in [0.5, 0.6) is 17.2 Å². The summed E-state index contributed by atoms with van der Waals surface area (Å²) in [5.41, 5.74) is 2.44. The fourth-order valence-electron chi connectivity index (χ4n) is 2.93. The molecule has 0 saturated heterocycles. The number of allylic oxidation sites excluding steroid dienone is 2. The molecular formula is C26H32O4. The first-order chi connectivity index (χ1) is 14.3. The van der Waals surface area contributed by atoms with Crippen molar-refractivity contribution >= 4 is 11.9 Å². The molecule has 0 aliphatic heterocycles. The summed E-state index contributed by atoms with van der Waals surface area (Å²) in [6.07, 6.45) is 5.90. The van der Waals surface area contributed by atoms with Crippen molar-refractivity contribution in [3.8, 4) is 17.2 Å². The maximum absolute atomic E-state index is 12.6. The lowest BCUT2D eigenvalue weighted by atomic mass is 10.0. The standard InChI is InChI=1S/C26H32O4/c1-7-9-21-16-22(26(30-19(5)6)17-25(21)29-18(3)4)12-15-24(27)20-10-13-23(14-11-20)28-8-2/h7,10-19H,1,8-9H2,2-6H3. The molecule has 0 amide bonds. The van der Waals surface area contributed by atoms with Gasteiger partial charge in [0.2, 0.25) is 0 Å². The molecule has 0 radical (unpaired) electrons. The van der Waals surface area contributed by atoms with E-state index in [1.807, 2.05) is 52.8 Å². The minimum Gasteiger partial charge on any atom is -0.494 e. The van der Waals surface area contributed by atoms with Gasteiger partial charge in [0.15, 0.2) is 5.78 Å². The van der Waals surface area contributed by atoms with Gasteiger partial charge in [-0.25, -0.2) is 0 Å². The average molecular weight is 409 g/mol. The predicted octanol–water partition coefficient (Wildman–Crippen LogP) is 6.28. The number of hydrogen-bond donors (Lipinski definition) is 0. The van der Waals surface area contributed by atoms with Gasteiger partial charge in [0, 0.05) is 17.2 Å². The number of benzene rings is 2. The molecule has 160 valence electrons. The van der Waals surface area contributed by atoms with Crippen LogP contribution in [0, 0.1) is 0 Å². The maximum Gasteiger partial charge on any atom is 0.185 e. The molecule has 0 atom stereocenters. The van der Waals surface area contributed by atoms with Gasteiger partial charge in [0.25, 0.3) is 0 Å². The van der Waals surface area contributed by atoms with Crippen molar-refractivity contribution in [3.05, 3.63) is 71.8 Å². The highest BCUT2D eigenvalue weighted by Crippen LogP contribution is 2.32. The third kappa shape index (κ3) is 6.80. The molecule has 2 aromatic carbocycles. The number of hydrogen-bond acceptors (Lipinski definition) is 4. The zero-order valence-electron chi connectivity index (χ0n) is 18.6. The van der Waals surface area contributed by atoms with Crippen molar-refractivity contribution in [3.63, 3.8) is 0 Å². The zero-order chi connectivity index (χ0) is 22.1. The highest BCUT2D eigenvalue weighted by molar-refractivity contribution is 6.07. The molecule has 0 bridgehead atoms. The number of carbonyl (C=O) groups is 1. The van der Waals surface area contributed by atoms with Crippen LogP contribution in [-0.4, -0.2) is 24.6 Å². The van der Waals surface area contributed by atoms with Crippen LogP contribution in [0.15, 0.2) is 55.1 Å². The molecule has 0 N–H and O–H groups in total. The highest BCUT2D eigenvalue weighted by Gasteiger charge is 2.13. The third-order valence-electron chi connectivity index (χ3n) is 4.15. The summed E-state index contributed by atoms with van der Waals surface area (Å²) in [5.74, 6) is 2.13. The lowest BCUT2D eigenvalue weighted by Gasteiger charge is -2.19. The molecule has 0 aliphatic carbocycles. The molecule has 0 saturated carbocycles. The van der Waals surface area contributed by atoms with Gasteiger partial charge in [0.05, 0.1) is 18.8 Å². The Labute approximate surface area is 180 Å². The van der Waals surface area contributed by atoms with E-state index in [1.54, 1.807) is 36.4 Å². The van der Waals surface area contributed by atoms with Crippen LogP contribution < -0.4 is 14.2 Å². The van der Waals surface area contributed by atoms with E-state index in [9.17, 15) is 4.79 Å². The Morgan fingerprint density at radius 3 is 2.20 bits per heavy atom. The van der Waals surface area contributed by atoms with Crippen molar-refractivity contribution in [1.82, 2.24) is 0 Å².